The van der Waals surface area contributed by atoms with Gasteiger partial charge in [-0.25, -0.2) is 4.98 Å². The first kappa shape index (κ1) is 10.7. The summed E-state index contributed by atoms with van der Waals surface area (Å²) in [5.41, 5.74) is 1.05. The van der Waals surface area contributed by atoms with Crippen molar-refractivity contribution >= 4 is 11.6 Å². The number of pyridine rings is 1. The minimum absolute atomic E-state index is 0.502. The van der Waals surface area contributed by atoms with Crippen molar-refractivity contribution in [3.63, 3.8) is 0 Å². The molecule has 0 aliphatic heterocycles. The number of aryl methyl sites for hydroxylation is 1. The molecule has 1 saturated carbocycles. The predicted octanol–water partition coefficient (Wildman–Crippen LogP) is 3.61. The number of halogens is 1. The molecule has 3 heteroatoms. The van der Waals surface area contributed by atoms with Crippen LogP contribution >= 0.6 is 11.6 Å². The molecule has 0 N–H and O–H groups in total. The Labute approximate surface area is 95.6 Å². The lowest BCUT2D eigenvalue weighted by Gasteiger charge is -2.12. The molecule has 0 spiro atoms. The molecule has 82 valence electrons. The van der Waals surface area contributed by atoms with Gasteiger partial charge >= 0.3 is 0 Å². The molecule has 0 aromatic carbocycles. The Morgan fingerprint density at radius 2 is 2.20 bits per heavy atom. The number of hydrogen-bond acceptors (Lipinski definition) is 2. The second-order valence-corrected chi connectivity index (χ2v) is 4.62. The van der Waals surface area contributed by atoms with Crippen LogP contribution in [0, 0.1) is 12.8 Å². The molecule has 0 bridgehead atoms. The first-order valence-electron chi connectivity index (χ1n) is 5.50. The van der Waals surface area contributed by atoms with Crippen LogP contribution in [0.5, 0.6) is 5.75 Å². The lowest BCUT2D eigenvalue weighted by atomic mass is 10.1. The molecule has 0 unspecified atom stereocenters. The van der Waals surface area contributed by atoms with Gasteiger partial charge < -0.3 is 4.74 Å². The zero-order chi connectivity index (χ0) is 10.7. The average molecular weight is 226 g/mol. The molecule has 0 atom stereocenters. The van der Waals surface area contributed by atoms with E-state index in [2.05, 4.69) is 4.98 Å². The number of nitrogens with zero attached hydrogens (tertiary/aromatic N) is 1. The summed E-state index contributed by atoms with van der Waals surface area (Å²) >= 11 is 5.82. The summed E-state index contributed by atoms with van der Waals surface area (Å²) in [5, 5.41) is 0.502. The number of ether oxygens (including phenoxy) is 1. The van der Waals surface area contributed by atoms with Gasteiger partial charge in [-0.15, -0.1) is 0 Å². The van der Waals surface area contributed by atoms with Gasteiger partial charge in [-0.05, 0) is 25.7 Å². The molecule has 0 radical (unpaired) electrons. The van der Waals surface area contributed by atoms with Crippen LogP contribution in [0.4, 0.5) is 0 Å². The molecule has 1 fully saturated rings. The van der Waals surface area contributed by atoms with Crippen molar-refractivity contribution in [3.05, 3.63) is 23.0 Å². The third-order valence-corrected chi connectivity index (χ3v) is 3.18. The summed E-state index contributed by atoms with van der Waals surface area (Å²) in [4.78, 5) is 4.00. The fourth-order valence-electron chi connectivity index (χ4n) is 2.02. The molecule has 0 saturated heterocycles. The van der Waals surface area contributed by atoms with E-state index in [1.807, 2.05) is 6.92 Å². The van der Waals surface area contributed by atoms with Crippen LogP contribution in [0.2, 0.25) is 5.15 Å². The summed E-state index contributed by atoms with van der Waals surface area (Å²) in [7, 11) is 0. The van der Waals surface area contributed by atoms with E-state index < -0.39 is 0 Å². The highest BCUT2D eigenvalue weighted by Gasteiger charge is 2.15. The van der Waals surface area contributed by atoms with Crippen molar-refractivity contribution in [1.29, 1.82) is 0 Å². The van der Waals surface area contributed by atoms with E-state index in [1.165, 1.54) is 25.7 Å². The zero-order valence-electron chi connectivity index (χ0n) is 9.00. The lowest BCUT2D eigenvalue weighted by Crippen LogP contribution is -2.08. The first-order chi connectivity index (χ1) is 7.25. The maximum Gasteiger partial charge on any atom is 0.132 e. The van der Waals surface area contributed by atoms with Crippen molar-refractivity contribution in [2.75, 3.05) is 6.61 Å². The van der Waals surface area contributed by atoms with Gasteiger partial charge in [0.05, 0.1) is 6.61 Å². The van der Waals surface area contributed by atoms with Gasteiger partial charge in [0, 0.05) is 17.8 Å². The summed E-state index contributed by atoms with van der Waals surface area (Å²) in [6.07, 6.45) is 7.07. The molecule has 1 aliphatic carbocycles. The SMILES string of the molecule is Cc1cnc(Cl)cc1OCC1CCCC1. The van der Waals surface area contributed by atoms with Gasteiger partial charge in [-0.2, -0.15) is 0 Å². The van der Waals surface area contributed by atoms with E-state index in [4.69, 9.17) is 16.3 Å². The summed E-state index contributed by atoms with van der Waals surface area (Å²) < 4.78 is 5.78. The third kappa shape index (κ3) is 2.85. The fraction of sp³-hybridized carbons (Fsp3) is 0.583. The van der Waals surface area contributed by atoms with Gasteiger partial charge in [0.2, 0.25) is 0 Å². The summed E-state index contributed by atoms with van der Waals surface area (Å²) in [6.45, 7) is 2.81. The second-order valence-electron chi connectivity index (χ2n) is 4.23. The Balaban J connectivity index is 1.94. The highest BCUT2D eigenvalue weighted by molar-refractivity contribution is 6.29. The van der Waals surface area contributed by atoms with Crippen molar-refractivity contribution < 1.29 is 4.74 Å². The molecular weight excluding hydrogens is 210 g/mol. The van der Waals surface area contributed by atoms with Crippen LogP contribution < -0.4 is 4.74 Å². The van der Waals surface area contributed by atoms with Crippen LogP contribution in [-0.4, -0.2) is 11.6 Å². The van der Waals surface area contributed by atoms with E-state index in [1.54, 1.807) is 12.3 Å². The molecular formula is C12H16ClNO. The van der Waals surface area contributed by atoms with Crippen LogP contribution in [0.25, 0.3) is 0 Å². The lowest BCUT2D eigenvalue weighted by molar-refractivity contribution is 0.250. The standard InChI is InChI=1S/C12H16ClNO/c1-9-7-14-12(13)6-11(9)15-8-10-4-2-3-5-10/h6-7,10H,2-5,8H2,1H3. The smallest absolute Gasteiger partial charge is 0.132 e. The van der Waals surface area contributed by atoms with Crippen LogP contribution in [0.1, 0.15) is 31.2 Å². The van der Waals surface area contributed by atoms with E-state index in [-0.39, 0.29) is 0 Å². The Morgan fingerprint density at radius 1 is 1.47 bits per heavy atom. The molecule has 15 heavy (non-hydrogen) atoms. The third-order valence-electron chi connectivity index (χ3n) is 2.97. The first-order valence-corrected chi connectivity index (χ1v) is 5.88. The van der Waals surface area contributed by atoms with E-state index >= 15 is 0 Å². The number of aromatic nitrogens is 1. The Bertz CT molecular complexity index is 334. The van der Waals surface area contributed by atoms with Crippen LogP contribution in [0.15, 0.2) is 12.3 Å². The second kappa shape index (κ2) is 4.84. The molecule has 2 nitrogen and oxygen atoms in total. The van der Waals surface area contributed by atoms with Gasteiger partial charge in [-0.1, -0.05) is 24.4 Å². The predicted molar refractivity (Wildman–Crippen MR) is 61.4 cm³/mol. The van der Waals surface area contributed by atoms with Gasteiger partial charge in [0.25, 0.3) is 0 Å². The molecule has 2 rings (SSSR count). The van der Waals surface area contributed by atoms with Gasteiger partial charge in [0.1, 0.15) is 10.9 Å². The minimum atomic E-state index is 0.502. The topological polar surface area (TPSA) is 22.1 Å². The molecule has 1 aromatic heterocycles. The monoisotopic (exact) mass is 225 g/mol. The minimum Gasteiger partial charge on any atom is -0.493 e. The van der Waals surface area contributed by atoms with Crippen molar-refractivity contribution in [2.45, 2.75) is 32.6 Å². The van der Waals surface area contributed by atoms with Gasteiger partial charge in [-0.3, -0.25) is 0 Å². The van der Waals surface area contributed by atoms with Crippen LogP contribution in [-0.2, 0) is 0 Å². The molecule has 1 aromatic rings. The Hall–Kier alpha value is -0.760. The normalized spacial score (nSPS) is 16.9. The van der Waals surface area contributed by atoms with E-state index in [0.717, 1.165) is 23.8 Å². The Morgan fingerprint density at radius 3 is 2.93 bits per heavy atom. The summed E-state index contributed by atoms with van der Waals surface area (Å²) in [5.74, 6) is 1.61. The van der Waals surface area contributed by atoms with Crippen molar-refractivity contribution in [2.24, 2.45) is 5.92 Å². The van der Waals surface area contributed by atoms with E-state index in [9.17, 15) is 0 Å². The molecule has 0 amide bonds. The van der Waals surface area contributed by atoms with Crippen molar-refractivity contribution in [1.82, 2.24) is 4.98 Å². The summed E-state index contributed by atoms with van der Waals surface area (Å²) in [6, 6.07) is 1.80. The highest BCUT2D eigenvalue weighted by Crippen LogP contribution is 2.27. The molecule has 1 heterocycles. The largest absolute Gasteiger partial charge is 0.493 e. The van der Waals surface area contributed by atoms with Gasteiger partial charge in [0.15, 0.2) is 0 Å². The fourth-order valence-corrected chi connectivity index (χ4v) is 2.17. The maximum absolute atomic E-state index is 5.82. The van der Waals surface area contributed by atoms with E-state index in [0.29, 0.717) is 5.15 Å². The van der Waals surface area contributed by atoms with Crippen LogP contribution in [0.3, 0.4) is 0 Å². The highest BCUT2D eigenvalue weighted by atomic mass is 35.5. The van der Waals surface area contributed by atoms with Crippen molar-refractivity contribution in [3.8, 4) is 5.75 Å². The quantitative estimate of drug-likeness (QED) is 0.734. The number of rotatable bonds is 3. The zero-order valence-corrected chi connectivity index (χ0v) is 9.76. The maximum atomic E-state index is 5.82. The number of hydrogen-bond donors (Lipinski definition) is 0. The molecule has 1 aliphatic rings. The Kier molecular flexibility index (Phi) is 3.47. The average Bonchev–Trinajstić information content (AvgIpc) is 2.72.